The molecule has 0 aromatic rings. The lowest BCUT2D eigenvalue weighted by atomic mass is 10.0. The van der Waals surface area contributed by atoms with Gasteiger partial charge in [0.15, 0.2) is 0 Å². The zero-order valence-corrected chi connectivity index (χ0v) is 11.0. The summed E-state index contributed by atoms with van der Waals surface area (Å²) in [5, 5.41) is 0. The molecule has 2 aliphatic rings. The molecule has 2 rings (SSSR count). The Balaban J connectivity index is 1.92. The molecule has 2 unspecified atom stereocenters. The topological polar surface area (TPSA) is 29.5 Å². The fraction of sp³-hybridized carbons (Fsp3) is 0.923. The molecule has 4 atom stereocenters. The van der Waals surface area contributed by atoms with Crippen LogP contribution in [-0.2, 0) is 9.53 Å². The van der Waals surface area contributed by atoms with Gasteiger partial charge >= 0.3 is 0 Å². The molecule has 1 saturated heterocycles. The first-order valence-electron chi connectivity index (χ1n) is 6.21. The van der Waals surface area contributed by atoms with E-state index in [1.54, 1.807) is 7.11 Å². The fourth-order valence-electron chi connectivity index (χ4n) is 3.44. The minimum absolute atomic E-state index is 0.0321. The number of hydrogen-bond acceptors (Lipinski definition) is 2. The number of carbonyl (C=O) groups is 1. The maximum absolute atomic E-state index is 12.0. The Hall–Kier alpha value is -0.570. The highest BCUT2D eigenvalue weighted by Crippen LogP contribution is 2.64. The number of amides is 1. The summed E-state index contributed by atoms with van der Waals surface area (Å²) in [6.07, 6.45) is 0.547. The van der Waals surface area contributed by atoms with Gasteiger partial charge in [-0.1, -0.05) is 13.8 Å². The molecule has 3 heteroatoms. The highest BCUT2D eigenvalue weighted by molar-refractivity contribution is 5.77. The van der Waals surface area contributed by atoms with Crippen LogP contribution in [0.5, 0.6) is 0 Å². The van der Waals surface area contributed by atoms with Crippen molar-refractivity contribution in [1.82, 2.24) is 4.90 Å². The molecule has 1 aliphatic carbocycles. The summed E-state index contributed by atoms with van der Waals surface area (Å²) in [7, 11) is 1.66. The molecule has 0 aromatic heterocycles. The van der Waals surface area contributed by atoms with E-state index in [4.69, 9.17) is 4.74 Å². The number of hydrogen-bond donors (Lipinski definition) is 0. The second kappa shape index (κ2) is 3.73. The first-order chi connectivity index (χ1) is 7.39. The minimum atomic E-state index is 0.0321. The van der Waals surface area contributed by atoms with Crippen LogP contribution in [0.25, 0.3) is 0 Å². The summed E-state index contributed by atoms with van der Waals surface area (Å²) in [6.45, 7) is 9.73. The van der Waals surface area contributed by atoms with Crippen LogP contribution in [0, 0.1) is 17.3 Å². The van der Waals surface area contributed by atoms with E-state index < -0.39 is 0 Å². The van der Waals surface area contributed by atoms with Crippen molar-refractivity contribution in [2.24, 2.45) is 17.3 Å². The maximum Gasteiger partial charge on any atom is 0.225 e. The normalized spacial score (nSPS) is 37.1. The predicted molar refractivity (Wildman–Crippen MR) is 63.0 cm³/mol. The van der Waals surface area contributed by atoms with Gasteiger partial charge in [0.1, 0.15) is 0 Å². The average Bonchev–Trinajstić information content (AvgIpc) is 2.55. The summed E-state index contributed by atoms with van der Waals surface area (Å²) in [5.74, 6) is 1.70. The van der Waals surface area contributed by atoms with E-state index >= 15 is 0 Å². The Morgan fingerprint density at radius 3 is 2.62 bits per heavy atom. The zero-order chi connectivity index (χ0) is 12.1. The highest BCUT2D eigenvalue weighted by Gasteiger charge is 2.65. The first-order valence-corrected chi connectivity index (χ1v) is 6.21. The van der Waals surface area contributed by atoms with Crippen molar-refractivity contribution in [2.45, 2.75) is 46.3 Å². The number of ether oxygens (including phenoxy) is 1. The number of methoxy groups -OCH3 is 1. The smallest absolute Gasteiger partial charge is 0.225 e. The van der Waals surface area contributed by atoms with E-state index in [9.17, 15) is 4.79 Å². The number of piperidine rings is 1. The van der Waals surface area contributed by atoms with Crippen LogP contribution in [0.2, 0.25) is 0 Å². The summed E-state index contributed by atoms with van der Waals surface area (Å²) < 4.78 is 5.15. The standard InChI is InChI=1S/C13H23NO2/c1-8(16-5)6-11(15)14-7-10-12(9(14)2)13(10,3)4/h8-10,12H,6-7H2,1-5H3/t8-,9-,10?,12?/m1/s1. The quantitative estimate of drug-likeness (QED) is 0.734. The number of likely N-dealkylation sites (tertiary alicyclic amines) is 1. The van der Waals surface area contributed by atoms with Crippen LogP contribution in [0.15, 0.2) is 0 Å². The number of fused-ring (bicyclic) bond motifs is 1. The first kappa shape index (κ1) is 11.9. The van der Waals surface area contributed by atoms with Gasteiger partial charge in [0, 0.05) is 19.7 Å². The van der Waals surface area contributed by atoms with Crippen molar-refractivity contribution in [3.8, 4) is 0 Å². The fourth-order valence-corrected chi connectivity index (χ4v) is 3.44. The molecule has 0 spiro atoms. The van der Waals surface area contributed by atoms with E-state index in [1.807, 2.05) is 6.92 Å². The van der Waals surface area contributed by atoms with Gasteiger partial charge < -0.3 is 9.64 Å². The molecule has 0 aromatic carbocycles. The van der Waals surface area contributed by atoms with Crippen molar-refractivity contribution in [2.75, 3.05) is 13.7 Å². The van der Waals surface area contributed by atoms with Crippen LogP contribution in [0.4, 0.5) is 0 Å². The van der Waals surface area contributed by atoms with Crippen molar-refractivity contribution < 1.29 is 9.53 Å². The van der Waals surface area contributed by atoms with Crippen molar-refractivity contribution in [1.29, 1.82) is 0 Å². The van der Waals surface area contributed by atoms with Gasteiger partial charge in [-0.25, -0.2) is 0 Å². The number of carbonyl (C=O) groups excluding carboxylic acids is 1. The molecule has 92 valence electrons. The zero-order valence-electron chi connectivity index (χ0n) is 11.0. The van der Waals surface area contributed by atoms with Crippen LogP contribution < -0.4 is 0 Å². The van der Waals surface area contributed by atoms with Crippen molar-refractivity contribution in [3.63, 3.8) is 0 Å². The molecule has 1 amide bonds. The molecule has 16 heavy (non-hydrogen) atoms. The molecule has 3 nitrogen and oxygen atoms in total. The van der Waals surface area contributed by atoms with E-state index in [1.165, 1.54) is 0 Å². The van der Waals surface area contributed by atoms with Crippen molar-refractivity contribution >= 4 is 5.91 Å². The third-order valence-electron chi connectivity index (χ3n) is 4.73. The largest absolute Gasteiger partial charge is 0.381 e. The lowest BCUT2D eigenvalue weighted by molar-refractivity contribution is -0.135. The van der Waals surface area contributed by atoms with Gasteiger partial charge in [-0.05, 0) is 31.1 Å². The molecule has 0 N–H and O–H groups in total. The van der Waals surface area contributed by atoms with Crippen molar-refractivity contribution in [3.05, 3.63) is 0 Å². The van der Waals surface area contributed by atoms with Gasteiger partial charge in [-0.2, -0.15) is 0 Å². The predicted octanol–water partition coefficient (Wildman–Crippen LogP) is 1.91. The van der Waals surface area contributed by atoms with E-state index in [2.05, 4.69) is 25.7 Å². The molecule has 1 heterocycles. The van der Waals surface area contributed by atoms with Gasteiger partial charge in [0.25, 0.3) is 0 Å². The summed E-state index contributed by atoms with van der Waals surface area (Å²) in [5.41, 5.74) is 0.461. The third kappa shape index (κ3) is 1.65. The average molecular weight is 225 g/mol. The van der Waals surface area contributed by atoms with Gasteiger partial charge in [0.2, 0.25) is 5.91 Å². The number of rotatable bonds is 3. The summed E-state index contributed by atoms with van der Waals surface area (Å²) in [4.78, 5) is 14.1. The second-order valence-corrected chi connectivity index (χ2v) is 5.99. The highest BCUT2D eigenvalue weighted by atomic mass is 16.5. The lowest BCUT2D eigenvalue weighted by Gasteiger charge is -2.29. The van der Waals surface area contributed by atoms with Gasteiger partial charge in [-0.15, -0.1) is 0 Å². The Morgan fingerprint density at radius 2 is 2.19 bits per heavy atom. The van der Waals surface area contributed by atoms with Gasteiger partial charge in [0.05, 0.1) is 12.5 Å². The second-order valence-electron chi connectivity index (χ2n) is 5.99. The molecule has 1 saturated carbocycles. The molecule has 1 aliphatic heterocycles. The molecule has 0 bridgehead atoms. The molecule has 0 radical (unpaired) electrons. The minimum Gasteiger partial charge on any atom is -0.381 e. The summed E-state index contributed by atoms with van der Waals surface area (Å²) in [6, 6.07) is 0.413. The van der Waals surface area contributed by atoms with E-state index in [0.717, 1.165) is 12.5 Å². The third-order valence-corrected chi connectivity index (χ3v) is 4.73. The maximum atomic E-state index is 12.0. The summed E-state index contributed by atoms with van der Waals surface area (Å²) >= 11 is 0. The van der Waals surface area contributed by atoms with E-state index in [-0.39, 0.29) is 12.0 Å². The van der Waals surface area contributed by atoms with Crippen LogP contribution in [0.3, 0.4) is 0 Å². The Labute approximate surface area is 98.1 Å². The van der Waals surface area contributed by atoms with Gasteiger partial charge in [-0.3, -0.25) is 4.79 Å². The Bertz CT molecular complexity index is 300. The molecular weight excluding hydrogens is 202 g/mol. The van der Waals surface area contributed by atoms with Crippen LogP contribution in [0.1, 0.15) is 34.1 Å². The molecule has 2 fully saturated rings. The van der Waals surface area contributed by atoms with Crippen LogP contribution >= 0.6 is 0 Å². The molecular formula is C13H23NO2. The van der Waals surface area contributed by atoms with E-state index in [0.29, 0.717) is 23.8 Å². The Morgan fingerprint density at radius 1 is 1.56 bits per heavy atom. The lowest BCUT2D eigenvalue weighted by Crippen LogP contribution is -2.40. The monoisotopic (exact) mass is 225 g/mol. The Kier molecular flexibility index (Phi) is 2.77. The SMILES string of the molecule is CO[C@H](C)CC(=O)N1CC2C([C@H]1C)C2(C)C. The van der Waals surface area contributed by atoms with Crippen LogP contribution in [-0.4, -0.2) is 36.6 Å². The number of nitrogens with zero attached hydrogens (tertiary/aromatic N) is 1.